The van der Waals surface area contributed by atoms with Gasteiger partial charge in [-0.2, -0.15) is 0 Å². The molecule has 0 aliphatic rings. The number of alkyl halides is 3. The molecule has 0 aliphatic carbocycles. The lowest BCUT2D eigenvalue weighted by Crippen LogP contribution is -2.18. The molecule has 0 aliphatic heterocycles. The Balaban J connectivity index is 1.84. The molecule has 3 rings (SSSR count). The van der Waals surface area contributed by atoms with Crippen molar-refractivity contribution in [3.8, 4) is 22.6 Å². The van der Waals surface area contributed by atoms with Gasteiger partial charge in [-0.05, 0) is 48.1 Å². The summed E-state index contributed by atoms with van der Waals surface area (Å²) in [4.78, 5) is 0. The van der Waals surface area contributed by atoms with Crippen molar-refractivity contribution in [2.75, 3.05) is 0 Å². The Kier molecular flexibility index (Phi) is 7.01. The second-order valence-electron chi connectivity index (χ2n) is 7.28. The number of aryl methyl sites for hydroxylation is 2. The standard InChI is InChI=1S/C24H19F6O2/c1-2-3-14-4-8-16(9-5-14)22-20(31)13-18(25)17(23(22)27)10-6-15-7-11-21(19(26)12-15)32-24(28,29)30/h4-5,7-9,11-13H,2-3,6,10H2,1H3. The summed E-state index contributed by atoms with van der Waals surface area (Å²) in [6, 6.07) is 10.2. The number of ether oxygens (including phenoxy) is 1. The average Bonchev–Trinajstić information content (AvgIpc) is 2.70. The van der Waals surface area contributed by atoms with Crippen LogP contribution in [0.2, 0.25) is 0 Å². The van der Waals surface area contributed by atoms with Gasteiger partial charge in [0.2, 0.25) is 0 Å². The van der Waals surface area contributed by atoms with Crippen molar-refractivity contribution in [2.45, 2.75) is 39.0 Å². The second-order valence-corrected chi connectivity index (χ2v) is 7.28. The molecule has 32 heavy (non-hydrogen) atoms. The third kappa shape index (κ3) is 5.55. The van der Waals surface area contributed by atoms with Gasteiger partial charge in [0, 0.05) is 11.6 Å². The van der Waals surface area contributed by atoms with Crippen LogP contribution in [0.25, 0.3) is 11.1 Å². The Morgan fingerprint density at radius 2 is 1.47 bits per heavy atom. The Morgan fingerprint density at radius 3 is 2.06 bits per heavy atom. The van der Waals surface area contributed by atoms with Crippen molar-refractivity contribution < 1.29 is 36.2 Å². The van der Waals surface area contributed by atoms with Gasteiger partial charge >= 0.3 is 6.36 Å². The van der Waals surface area contributed by atoms with Gasteiger partial charge in [0.1, 0.15) is 11.6 Å². The Labute approximate surface area is 181 Å². The fraction of sp³-hybridized carbons (Fsp3) is 0.250. The molecule has 0 heterocycles. The molecule has 3 aromatic rings. The van der Waals surface area contributed by atoms with Gasteiger partial charge in [0.25, 0.3) is 0 Å². The van der Waals surface area contributed by atoms with Crippen LogP contribution in [0.3, 0.4) is 0 Å². The fourth-order valence-corrected chi connectivity index (χ4v) is 3.44. The lowest BCUT2D eigenvalue weighted by atomic mass is 9.95. The highest BCUT2D eigenvalue weighted by Gasteiger charge is 2.32. The first-order valence-corrected chi connectivity index (χ1v) is 9.90. The van der Waals surface area contributed by atoms with E-state index < -0.39 is 35.3 Å². The summed E-state index contributed by atoms with van der Waals surface area (Å²) >= 11 is 0. The van der Waals surface area contributed by atoms with Crippen molar-refractivity contribution in [3.05, 3.63) is 82.7 Å². The molecule has 3 aromatic carbocycles. The zero-order valence-electron chi connectivity index (χ0n) is 17.0. The van der Waals surface area contributed by atoms with Crippen LogP contribution >= 0.6 is 0 Å². The molecule has 0 saturated carbocycles. The fourth-order valence-electron chi connectivity index (χ4n) is 3.44. The zero-order chi connectivity index (χ0) is 23.5. The van der Waals surface area contributed by atoms with Gasteiger partial charge in [-0.1, -0.05) is 43.7 Å². The molecule has 0 unspecified atom stereocenters. The second kappa shape index (κ2) is 9.54. The predicted molar refractivity (Wildman–Crippen MR) is 106 cm³/mol. The van der Waals surface area contributed by atoms with Crippen LogP contribution < -0.4 is 4.74 Å². The Hall–Kier alpha value is -3.16. The molecule has 0 bridgehead atoms. The number of halogens is 6. The molecular weight excluding hydrogens is 434 g/mol. The lowest BCUT2D eigenvalue weighted by Gasteiger charge is -2.13. The van der Waals surface area contributed by atoms with E-state index in [1.807, 2.05) is 6.92 Å². The van der Waals surface area contributed by atoms with Gasteiger partial charge in [0.05, 0.1) is 5.56 Å². The van der Waals surface area contributed by atoms with E-state index in [9.17, 15) is 27.1 Å². The molecule has 0 fully saturated rings. The van der Waals surface area contributed by atoms with Gasteiger partial charge in [-0.15, -0.1) is 13.2 Å². The molecule has 0 aromatic heterocycles. The van der Waals surface area contributed by atoms with E-state index in [4.69, 9.17) is 0 Å². The average molecular weight is 453 g/mol. The van der Waals surface area contributed by atoms with E-state index >= 15 is 4.39 Å². The smallest absolute Gasteiger partial charge is 0.403 e. The predicted octanol–water partition coefficient (Wildman–Crippen LogP) is 7.55. The zero-order valence-corrected chi connectivity index (χ0v) is 17.0. The number of hydrogen-bond acceptors (Lipinski definition) is 1. The first kappa shape index (κ1) is 23.5. The maximum atomic E-state index is 15.1. The SMILES string of the molecule is CCCc1ccc(-c2c([O])cc(F)c(CCc3ccc(OC(F)(F)F)c(F)c3)c2F)cc1. The minimum absolute atomic E-state index is 0.0653. The normalized spacial score (nSPS) is 11.6. The maximum absolute atomic E-state index is 15.1. The van der Waals surface area contributed by atoms with Crippen LogP contribution in [0.4, 0.5) is 26.3 Å². The summed E-state index contributed by atoms with van der Waals surface area (Å²) in [7, 11) is 0. The molecular formula is C24H19F6O2. The highest BCUT2D eigenvalue weighted by Crippen LogP contribution is 2.36. The van der Waals surface area contributed by atoms with Crippen molar-refractivity contribution >= 4 is 0 Å². The highest BCUT2D eigenvalue weighted by molar-refractivity contribution is 5.72. The summed E-state index contributed by atoms with van der Waals surface area (Å²) in [5, 5.41) is 12.3. The number of benzene rings is 3. The van der Waals surface area contributed by atoms with E-state index in [-0.39, 0.29) is 29.5 Å². The summed E-state index contributed by atoms with van der Waals surface area (Å²) in [6.07, 6.45) is -3.59. The molecule has 8 heteroatoms. The monoisotopic (exact) mass is 453 g/mol. The van der Waals surface area contributed by atoms with Crippen LogP contribution in [0.15, 0.2) is 48.5 Å². The minimum Gasteiger partial charge on any atom is -0.403 e. The summed E-state index contributed by atoms with van der Waals surface area (Å²) in [6.45, 7) is 2.01. The third-order valence-electron chi connectivity index (χ3n) is 4.94. The quantitative estimate of drug-likeness (QED) is 0.340. The van der Waals surface area contributed by atoms with Crippen molar-refractivity contribution in [3.63, 3.8) is 0 Å². The van der Waals surface area contributed by atoms with Crippen LogP contribution in [0.5, 0.6) is 11.5 Å². The van der Waals surface area contributed by atoms with Crippen molar-refractivity contribution in [1.82, 2.24) is 0 Å². The van der Waals surface area contributed by atoms with Crippen LogP contribution in [-0.2, 0) is 24.4 Å². The summed E-state index contributed by atoms with van der Waals surface area (Å²) in [5.74, 6) is -5.08. The lowest BCUT2D eigenvalue weighted by molar-refractivity contribution is -0.275. The third-order valence-corrected chi connectivity index (χ3v) is 4.94. The van der Waals surface area contributed by atoms with Gasteiger partial charge in [-0.3, -0.25) is 5.11 Å². The summed E-state index contributed by atoms with van der Waals surface area (Å²) in [5.41, 5.74) is 0.935. The molecule has 0 spiro atoms. The van der Waals surface area contributed by atoms with E-state index in [0.29, 0.717) is 11.6 Å². The molecule has 1 radical (unpaired) electrons. The number of hydrogen-bond donors (Lipinski definition) is 0. The van der Waals surface area contributed by atoms with Crippen LogP contribution in [-0.4, -0.2) is 6.36 Å². The Bertz CT molecular complexity index is 1090. The van der Waals surface area contributed by atoms with Crippen molar-refractivity contribution in [2.24, 2.45) is 0 Å². The molecule has 169 valence electrons. The molecule has 0 amide bonds. The number of rotatable bonds is 7. The summed E-state index contributed by atoms with van der Waals surface area (Å²) < 4.78 is 83.6. The van der Waals surface area contributed by atoms with Crippen molar-refractivity contribution in [1.29, 1.82) is 0 Å². The van der Waals surface area contributed by atoms with Gasteiger partial charge in [0.15, 0.2) is 17.3 Å². The minimum atomic E-state index is -5.04. The topological polar surface area (TPSA) is 29.1 Å². The van der Waals surface area contributed by atoms with Crippen LogP contribution in [0.1, 0.15) is 30.0 Å². The first-order valence-electron chi connectivity index (χ1n) is 9.90. The highest BCUT2D eigenvalue weighted by atomic mass is 19.4. The van der Waals surface area contributed by atoms with E-state index in [0.717, 1.165) is 30.5 Å². The van der Waals surface area contributed by atoms with Gasteiger partial charge < -0.3 is 4.74 Å². The van der Waals surface area contributed by atoms with Gasteiger partial charge in [-0.25, -0.2) is 13.2 Å². The largest absolute Gasteiger partial charge is 0.573 e. The van der Waals surface area contributed by atoms with E-state index in [1.165, 1.54) is 6.07 Å². The first-order chi connectivity index (χ1) is 15.1. The maximum Gasteiger partial charge on any atom is 0.573 e. The van der Waals surface area contributed by atoms with E-state index in [2.05, 4.69) is 4.74 Å². The van der Waals surface area contributed by atoms with Crippen LogP contribution in [0, 0.1) is 17.5 Å². The van der Waals surface area contributed by atoms with E-state index in [1.54, 1.807) is 24.3 Å². The molecule has 2 nitrogen and oxygen atoms in total. The molecule has 0 atom stereocenters. The molecule has 0 N–H and O–H groups in total. The Morgan fingerprint density at radius 1 is 0.812 bits per heavy atom. The molecule has 0 saturated heterocycles.